The van der Waals surface area contributed by atoms with Crippen LogP contribution < -0.4 is 9.47 Å². The molecule has 0 unspecified atom stereocenters. The fourth-order valence-corrected chi connectivity index (χ4v) is 4.15. The number of benzene rings is 4. The Morgan fingerprint density at radius 2 is 1.70 bits per heavy atom. The molecule has 0 aliphatic heterocycles. The fraction of sp³-hybridized carbons (Fsp3) is 0.0714. The van der Waals surface area contributed by atoms with Gasteiger partial charge in [-0.05, 0) is 68.2 Å². The van der Waals surface area contributed by atoms with Gasteiger partial charge in [0.1, 0.15) is 6.61 Å². The highest BCUT2D eigenvalue weighted by atomic mass is 79.9. The van der Waals surface area contributed by atoms with Gasteiger partial charge >= 0.3 is 0 Å². The summed E-state index contributed by atoms with van der Waals surface area (Å²) in [7, 11) is 1.57. The van der Waals surface area contributed by atoms with E-state index in [-0.39, 0.29) is 6.61 Å². The molecule has 0 saturated heterocycles. The van der Waals surface area contributed by atoms with Crippen LogP contribution in [0.25, 0.3) is 22.4 Å². The van der Waals surface area contributed by atoms with Gasteiger partial charge in [-0.25, -0.2) is 0 Å². The predicted molar refractivity (Wildman–Crippen MR) is 134 cm³/mol. The van der Waals surface area contributed by atoms with Crippen molar-refractivity contribution in [1.82, 2.24) is 0 Å². The molecule has 0 amide bonds. The van der Waals surface area contributed by atoms with Crippen LogP contribution in [0.4, 0.5) is 0 Å². The maximum atomic E-state index is 9.81. The Kier molecular flexibility index (Phi) is 6.74. The minimum absolute atomic E-state index is 0.231. The summed E-state index contributed by atoms with van der Waals surface area (Å²) in [6, 6.07) is 29.5. The molecule has 0 aliphatic carbocycles. The summed E-state index contributed by atoms with van der Waals surface area (Å²) >= 11 is 3.57. The van der Waals surface area contributed by atoms with Gasteiger partial charge in [0.15, 0.2) is 11.5 Å². The lowest BCUT2D eigenvalue weighted by atomic mass is 10.00. The summed E-state index contributed by atoms with van der Waals surface area (Å²) in [6.07, 6.45) is 1.83. The first-order chi connectivity index (χ1) is 16.1. The van der Waals surface area contributed by atoms with Crippen molar-refractivity contribution in [3.05, 3.63) is 106 Å². The molecule has 0 saturated carbocycles. The highest BCUT2D eigenvalue weighted by Crippen LogP contribution is 2.38. The van der Waals surface area contributed by atoms with E-state index in [2.05, 4.69) is 28.1 Å². The summed E-state index contributed by atoms with van der Waals surface area (Å²) in [5.41, 5.74) is 3.56. The summed E-state index contributed by atoms with van der Waals surface area (Å²) in [5.74, 6) is 1.06. The van der Waals surface area contributed by atoms with E-state index in [0.717, 1.165) is 27.5 Å². The number of ether oxygens (including phenoxy) is 2. The van der Waals surface area contributed by atoms with Gasteiger partial charge in [-0.1, -0.05) is 54.6 Å². The number of allylic oxidation sites excluding steroid dienone is 1. The summed E-state index contributed by atoms with van der Waals surface area (Å²) < 4.78 is 12.2. The fourth-order valence-electron chi connectivity index (χ4n) is 3.57. The van der Waals surface area contributed by atoms with Gasteiger partial charge < -0.3 is 9.47 Å². The molecule has 0 bridgehead atoms. The Morgan fingerprint density at radius 3 is 2.45 bits per heavy atom. The van der Waals surface area contributed by atoms with Crippen LogP contribution in [0.15, 0.2) is 83.3 Å². The Bertz CT molecular complexity index is 1440. The number of fused-ring (bicyclic) bond motifs is 1. The van der Waals surface area contributed by atoms with Crippen LogP contribution in [0, 0.1) is 22.7 Å². The SMILES string of the molecule is COc1cc(/C=C(/C#N)c2ccc3ccccc3c2)cc(Br)c1OCc1ccccc1C#N. The number of nitrogens with zero attached hydrogens (tertiary/aromatic N) is 2. The van der Waals surface area contributed by atoms with Gasteiger partial charge in [0.2, 0.25) is 0 Å². The summed E-state index contributed by atoms with van der Waals surface area (Å²) in [5, 5.41) is 21.3. The number of halogens is 1. The summed E-state index contributed by atoms with van der Waals surface area (Å²) in [6.45, 7) is 0.231. The van der Waals surface area contributed by atoms with E-state index in [0.29, 0.717) is 27.1 Å². The number of rotatable bonds is 6. The van der Waals surface area contributed by atoms with Gasteiger partial charge in [-0.3, -0.25) is 0 Å². The second-order valence-electron chi connectivity index (χ2n) is 7.32. The Morgan fingerprint density at radius 1 is 0.939 bits per heavy atom. The van der Waals surface area contributed by atoms with Crippen molar-refractivity contribution in [2.75, 3.05) is 7.11 Å². The normalized spacial score (nSPS) is 11.0. The maximum Gasteiger partial charge on any atom is 0.175 e. The molecule has 33 heavy (non-hydrogen) atoms. The van der Waals surface area contributed by atoms with Crippen molar-refractivity contribution < 1.29 is 9.47 Å². The maximum absolute atomic E-state index is 9.81. The van der Waals surface area contributed by atoms with Crippen molar-refractivity contribution in [1.29, 1.82) is 10.5 Å². The molecule has 0 heterocycles. The van der Waals surface area contributed by atoms with Gasteiger partial charge in [-0.15, -0.1) is 0 Å². The van der Waals surface area contributed by atoms with Crippen molar-refractivity contribution >= 4 is 38.4 Å². The molecule has 4 aromatic carbocycles. The molecule has 5 heteroatoms. The molecule has 0 radical (unpaired) electrons. The number of hydrogen-bond donors (Lipinski definition) is 0. The largest absolute Gasteiger partial charge is 0.493 e. The van der Waals surface area contributed by atoms with Gasteiger partial charge in [0, 0.05) is 5.56 Å². The molecule has 4 nitrogen and oxygen atoms in total. The number of methoxy groups -OCH3 is 1. The Balaban J connectivity index is 1.65. The lowest BCUT2D eigenvalue weighted by Crippen LogP contribution is -2.01. The summed E-state index contributed by atoms with van der Waals surface area (Å²) in [4.78, 5) is 0. The lowest BCUT2D eigenvalue weighted by Gasteiger charge is -2.14. The second-order valence-corrected chi connectivity index (χ2v) is 8.18. The molecular weight excluding hydrogens is 476 g/mol. The predicted octanol–water partition coefficient (Wildman–Crippen LogP) is 7.13. The molecule has 0 aliphatic rings. The zero-order valence-corrected chi connectivity index (χ0v) is 19.5. The van der Waals surface area contributed by atoms with E-state index in [1.807, 2.05) is 78.9 Å². The Hall–Kier alpha value is -4.06. The molecule has 160 valence electrons. The van der Waals surface area contributed by atoms with Crippen LogP contribution in [-0.4, -0.2) is 7.11 Å². The lowest BCUT2D eigenvalue weighted by molar-refractivity contribution is 0.282. The smallest absolute Gasteiger partial charge is 0.175 e. The van der Waals surface area contributed by atoms with Crippen molar-refractivity contribution in [2.24, 2.45) is 0 Å². The van der Waals surface area contributed by atoms with Gasteiger partial charge in [0.25, 0.3) is 0 Å². The second kappa shape index (κ2) is 10.0. The number of hydrogen-bond acceptors (Lipinski definition) is 4. The van der Waals surface area contributed by atoms with Crippen LogP contribution in [0.1, 0.15) is 22.3 Å². The average molecular weight is 495 g/mol. The van der Waals surface area contributed by atoms with E-state index < -0.39 is 0 Å². The minimum Gasteiger partial charge on any atom is -0.493 e. The number of nitriles is 2. The quantitative estimate of drug-likeness (QED) is 0.211. The third-order valence-corrected chi connectivity index (χ3v) is 5.84. The topological polar surface area (TPSA) is 66.0 Å². The monoisotopic (exact) mass is 494 g/mol. The molecule has 0 atom stereocenters. The van der Waals surface area contributed by atoms with E-state index in [9.17, 15) is 10.5 Å². The highest BCUT2D eigenvalue weighted by Gasteiger charge is 2.13. The van der Waals surface area contributed by atoms with Gasteiger partial charge in [0.05, 0.1) is 34.9 Å². The van der Waals surface area contributed by atoms with E-state index >= 15 is 0 Å². The van der Waals surface area contributed by atoms with Crippen molar-refractivity contribution in [3.63, 3.8) is 0 Å². The van der Waals surface area contributed by atoms with Crippen LogP contribution >= 0.6 is 15.9 Å². The first-order valence-electron chi connectivity index (χ1n) is 10.2. The Labute approximate surface area is 201 Å². The van der Waals surface area contributed by atoms with E-state index in [1.165, 1.54) is 0 Å². The van der Waals surface area contributed by atoms with E-state index in [4.69, 9.17) is 9.47 Å². The minimum atomic E-state index is 0.231. The molecular formula is C28H19BrN2O2. The molecule has 0 aromatic heterocycles. The first kappa shape index (κ1) is 22.1. The van der Waals surface area contributed by atoms with Crippen LogP contribution in [-0.2, 0) is 6.61 Å². The molecule has 4 aromatic rings. The average Bonchev–Trinajstić information content (AvgIpc) is 2.86. The van der Waals surface area contributed by atoms with Crippen LogP contribution in [0.5, 0.6) is 11.5 Å². The van der Waals surface area contributed by atoms with Crippen molar-refractivity contribution in [3.8, 4) is 23.6 Å². The van der Waals surface area contributed by atoms with Crippen LogP contribution in [0.3, 0.4) is 0 Å². The zero-order chi connectivity index (χ0) is 23.2. The highest BCUT2D eigenvalue weighted by molar-refractivity contribution is 9.10. The molecule has 0 fully saturated rings. The van der Waals surface area contributed by atoms with Crippen LogP contribution in [0.2, 0.25) is 0 Å². The first-order valence-corrected chi connectivity index (χ1v) is 11.0. The van der Waals surface area contributed by atoms with E-state index in [1.54, 1.807) is 13.2 Å². The zero-order valence-electron chi connectivity index (χ0n) is 17.9. The third kappa shape index (κ3) is 4.90. The van der Waals surface area contributed by atoms with Crippen molar-refractivity contribution in [2.45, 2.75) is 6.61 Å². The molecule has 4 rings (SSSR count). The standard InChI is InChI=1S/C28H19BrN2O2/c1-32-27-14-19(12-25(17-31)22-11-10-20-6-2-3-7-21(20)15-22)13-26(29)28(27)33-18-24-9-5-4-8-23(24)16-30/h2-15H,18H2,1H3/b25-12-. The van der Waals surface area contributed by atoms with Gasteiger partial charge in [-0.2, -0.15) is 10.5 Å². The third-order valence-electron chi connectivity index (χ3n) is 5.25. The molecule has 0 N–H and O–H groups in total. The molecule has 0 spiro atoms.